The molecule has 0 aromatic carbocycles. The summed E-state index contributed by atoms with van der Waals surface area (Å²) in [5.41, 5.74) is 0. The van der Waals surface area contributed by atoms with Gasteiger partial charge in [0.15, 0.2) is 0 Å². The summed E-state index contributed by atoms with van der Waals surface area (Å²) in [5.74, 6) is 1.34. The van der Waals surface area contributed by atoms with E-state index in [1.165, 1.54) is 0 Å². The van der Waals surface area contributed by atoms with E-state index in [2.05, 4.69) is 21.5 Å². The number of nitrogens with one attached hydrogen (secondary N) is 2. The molecule has 0 unspecified atom stereocenters. The average Bonchev–Trinajstić information content (AvgIpc) is 2.41. The molecule has 2 N–H and O–H groups in total. The first kappa shape index (κ1) is 9.26. The van der Waals surface area contributed by atoms with Crippen LogP contribution in [0.3, 0.4) is 0 Å². The molecule has 0 aromatic rings. The van der Waals surface area contributed by atoms with Crippen LogP contribution in [-0.2, 0) is 9.59 Å². The highest BCUT2D eigenvalue weighted by molar-refractivity contribution is 6.45. The molecule has 13 heavy (non-hydrogen) atoms. The van der Waals surface area contributed by atoms with Crippen molar-refractivity contribution in [1.29, 1.82) is 0 Å². The number of terminal acetylenes is 1. The highest BCUT2D eigenvalue weighted by Crippen LogP contribution is 1.89. The van der Waals surface area contributed by atoms with Crippen molar-refractivity contribution < 1.29 is 9.59 Å². The van der Waals surface area contributed by atoms with Crippen LogP contribution in [0.15, 0.2) is 4.99 Å². The van der Waals surface area contributed by atoms with Gasteiger partial charge in [-0.3, -0.25) is 25.2 Å². The van der Waals surface area contributed by atoms with Gasteiger partial charge < -0.3 is 0 Å². The van der Waals surface area contributed by atoms with Crippen molar-refractivity contribution >= 4 is 17.8 Å². The van der Waals surface area contributed by atoms with E-state index in [1.807, 2.05) is 0 Å². The maximum atomic E-state index is 10.6. The van der Waals surface area contributed by atoms with E-state index < -0.39 is 11.8 Å². The van der Waals surface area contributed by atoms with Crippen molar-refractivity contribution in [3.63, 3.8) is 0 Å². The van der Waals surface area contributed by atoms with Gasteiger partial charge >= 0.3 is 11.8 Å². The molecule has 0 spiro atoms. The first-order chi connectivity index (χ1) is 6.24. The number of amides is 2. The van der Waals surface area contributed by atoms with Crippen LogP contribution in [0.2, 0.25) is 0 Å². The summed E-state index contributed by atoms with van der Waals surface area (Å²) in [6, 6.07) is 0. The molecule has 0 radical (unpaired) electrons. The van der Waals surface area contributed by atoms with E-state index in [0.29, 0.717) is 13.0 Å². The summed E-state index contributed by atoms with van der Waals surface area (Å²) in [7, 11) is 0. The molecule has 1 aliphatic rings. The second kappa shape index (κ2) is 4.26. The van der Waals surface area contributed by atoms with E-state index in [0.717, 1.165) is 6.42 Å². The molecule has 2 amide bonds. The van der Waals surface area contributed by atoms with Crippen molar-refractivity contribution in [2.75, 3.05) is 6.54 Å². The first-order valence-electron chi connectivity index (χ1n) is 3.84. The van der Waals surface area contributed by atoms with Gasteiger partial charge in [0.05, 0.1) is 0 Å². The van der Waals surface area contributed by atoms with Gasteiger partial charge in [0.2, 0.25) is 5.96 Å². The normalized spacial score (nSPS) is 14.8. The summed E-state index contributed by atoms with van der Waals surface area (Å²) in [6.45, 7) is 0.500. The number of aliphatic imine (C=N–C) groups is 1. The monoisotopic (exact) mass is 179 g/mol. The fraction of sp³-hybridized carbons (Fsp3) is 0.375. The maximum Gasteiger partial charge on any atom is 0.316 e. The second-order valence-corrected chi connectivity index (χ2v) is 2.45. The Morgan fingerprint density at radius 2 is 1.92 bits per heavy atom. The van der Waals surface area contributed by atoms with Crippen molar-refractivity contribution in [2.45, 2.75) is 12.8 Å². The molecule has 1 aliphatic heterocycles. The Bertz CT molecular complexity index is 283. The Morgan fingerprint density at radius 3 is 2.46 bits per heavy atom. The molecule has 0 bridgehead atoms. The van der Waals surface area contributed by atoms with Crippen molar-refractivity contribution in [1.82, 2.24) is 10.6 Å². The Morgan fingerprint density at radius 1 is 1.31 bits per heavy atom. The molecule has 5 nitrogen and oxygen atoms in total. The van der Waals surface area contributed by atoms with Crippen LogP contribution in [-0.4, -0.2) is 24.3 Å². The molecule has 0 atom stereocenters. The summed E-state index contributed by atoms with van der Waals surface area (Å²) in [6.07, 6.45) is 6.41. The van der Waals surface area contributed by atoms with Gasteiger partial charge in [0, 0.05) is 13.0 Å². The van der Waals surface area contributed by atoms with E-state index >= 15 is 0 Å². The number of hydrogen-bond acceptors (Lipinski definition) is 3. The Hall–Kier alpha value is -1.83. The zero-order valence-electron chi connectivity index (χ0n) is 6.96. The van der Waals surface area contributed by atoms with E-state index in [-0.39, 0.29) is 5.96 Å². The summed E-state index contributed by atoms with van der Waals surface area (Å²) in [4.78, 5) is 25.2. The third-order valence-corrected chi connectivity index (χ3v) is 1.42. The zero-order valence-corrected chi connectivity index (χ0v) is 6.96. The predicted molar refractivity (Wildman–Crippen MR) is 46.7 cm³/mol. The number of hydrogen-bond donors (Lipinski definition) is 2. The lowest BCUT2D eigenvalue weighted by atomic mass is 10.3. The quantitative estimate of drug-likeness (QED) is 0.331. The number of nitrogens with zero attached hydrogens (tertiary/aromatic N) is 1. The van der Waals surface area contributed by atoms with E-state index in [1.54, 1.807) is 0 Å². The van der Waals surface area contributed by atoms with Crippen LogP contribution >= 0.6 is 0 Å². The summed E-state index contributed by atoms with van der Waals surface area (Å²) in [5, 5.41) is 4.56. The molecule has 0 aliphatic carbocycles. The van der Waals surface area contributed by atoms with Gasteiger partial charge in [-0.05, 0) is 6.42 Å². The van der Waals surface area contributed by atoms with Gasteiger partial charge in [-0.1, -0.05) is 0 Å². The smallest absolute Gasteiger partial charge is 0.288 e. The molecule has 5 heteroatoms. The van der Waals surface area contributed by atoms with Gasteiger partial charge in [0.25, 0.3) is 0 Å². The average molecular weight is 179 g/mol. The van der Waals surface area contributed by atoms with Crippen molar-refractivity contribution in [2.24, 2.45) is 4.99 Å². The van der Waals surface area contributed by atoms with Gasteiger partial charge in [-0.2, -0.15) is 0 Å². The molecule has 1 heterocycles. The lowest BCUT2D eigenvalue weighted by Crippen LogP contribution is -2.25. The summed E-state index contributed by atoms with van der Waals surface area (Å²) < 4.78 is 0. The Labute approximate surface area is 75.6 Å². The molecular formula is C8H9N3O2. The van der Waals surface area contributed by atoms with Crippen LogP contribution in [0.25, 0.3) is 0 Å². The van der Waals surface area contributed by atoms with Crippen molar-refractivity contribution in [3.05, 3.63) is 0 Å². The second-order valence-electron chi connectivity index (χ2n) is 2.45. The number of rotatable bonds is 3. The molecular weight excluding hydrogens is 170 g/mol. The van der Waals surface area contributed by atoms with Crippen LogP contribution in [0, 0.1) is 12.3 Å². The third kappa shape index (κ3) is 2.60. The van der Waals surface area contributed by atoms with Crippen LogP contribution in [0.4, 0.5) is 0 Å². The van der Waals surface area contributed by atoms with Gasteiger partial charge in [0.1, 0.15) is 0 Å². The van der Waals surface area contributed by atoms with Crippen molar-refractivity contribution in [3.8, 4) is 12.3 Å². The summed E-state index contributed by atoms with van der Waals surface area (Å²) >= 11 is 0. The van der Waals surface area contributed by atoms with Crippen LogP contribution in [0.5, 0.6) is 0 Å². The lowest BCUT2D eigenvalue weighted by molar-refractivity contribution is -0.135. The molecule has 0 aromatic heterocycles. The number of carbonyl (C=O) groups is 2. The molecule has 1 saturated heterocycles. The fourth-order valence-electron chi connectivity index (χ4n) is 0.811. The minimum atomic E-state index is -0.671. The topological polar surface area (TPSA) is 70.6 Å². The number of guanidine groups is 1. The van der Waals surface area contributed by atoms with E-state index in [4.69, 9.17) is 6.42 Å². The van der Waals surface area contributed by atoms with E-state index in [9.17, 15) is 9.59 Å². The molecule has 1 rings (SSSR count). The maximum absolute atomic E-state index is 10.6. The Kier molecular flexibility index (Phi) is 3.03. The molecule has 1 fully saturated rings. The number of carbonyl (C=O) groups excluding carboxylic acids is 2. The van der Waals surface area contributed by atoms with Gasteiger partial charge in [-0.15, -0.1) is 12.3 Å². The third-order valence-electron chi connectivity index (χ3n) is 1.42. The molecule has 0 saturated carbocycles. The largest absolute Gasteiger partial charge is 0.316 e. The lowest BCUT2D eigenvalue weighted by Gasteiger charge is -1.94. The standard InChI is InChI=1S/C8H9N3O2/c1-2-3-4-5-9-8-10-6(12)7(13)11-8/h1H,3-5H2,(H2,9,10,11,12,13). The minimum absolute atomic E-state index is 0.215. The van der Waals surface area contributed by atoms with Gasteiger partial charge in [-0.25, -0.2) is 0 Å². The predicted octanol–water partition coefficient (Wildman–Crippen LogP) is -0.998. The fourth-order valence-corrected chi connectivity index (χ4v) is 0.811. The van der Waals surface area contributed by atoms with Crippen LogP contribution < -0.4 is 10.6 Å². The minimum Gasteiger partial charge on any atom is -0.288 e. The zero-order chi connectivity index (χ0) is 9.68. The number of unbranched alkanes of at least 4 members (excludes halogenated alkanes) is 1. The molecule has 68 valence electrons. The highest BCUT2D eigenvalue weighted by Gasteiger charge is 2.24. The Balaban J connectivity index is 2.34. The first-order valence-corrected chi connectivity index (χ1v) is 3.84. The SMILES string of the molecule is C#CCCCN=C1NC(=O)C(=O)N1. The highest BCUT2D eigenvalue weighted by atomic mass is 16.2. The van der Waals surface area contributed by atoms with Crippen LogP contribution in [0.1, 0.15) is 12.8 Å².